The van der Waals surface area contributed by atoms with Crippen molar-refractivity contribution in [2.24, 2.45) is 10.9 Å². The molecule has 0 aromatic heterocycles. The van der Waals surface area contributed by atoms with E-state index in [1.54, 1.807) is 0 Å². The lowest BCUT2D eigenvalue weighted by molar-refractivity contribution is 0.304. The molecule has 0 fully saturated rings. The molecule has 0 aliphatic heterocycles. The summed E-state index contributed by atoms with van der Waals surface area (Å²) in [5.74, 6) is 6.21. The first kappa shape index (κ1) is 21.7. The summed E-state index contributed by atoms with van der Waals surface area (Å²) in [7, 11) is 1.66. The van der Waals surface area contributed by atoms with Crippen LogP contribution < -0.4 is 10.6 Å². The van der Waals surface area contributed by atoms with E-state index >= 15 is 0 Å². The summed E-state index contributed by atoms with van der Waals surface area (Å²) in [6.07, 6.45) is 12.0. The predicted molar refractivity (Wildman–Crippen MR) is 110 cm³/mol. The molecule has 0 radical (unpaired) electrons. The predicted octanol–water partition coefficient (Wildman–Crippen LogP) is 4.41. The van der Waals surface area contributed by atoms with Crippen molar-refractivity contribution in [1.29, 1.82) is 0 Å². The van der Waals surface area contributed by atoms with Crippen molar-refractivity contribution < 1.29 is 9.16 Å². The molecule has 25 heavy (non-hydrogen) atoms. The summed E-state index contributed by atoms with van der Waals surface area (Å²) >= 11 is 0. The third kappa shape index (κ3) is 11.0. The summed E-state index contributed by atoms with van der Waals surface area (Å²) in [4.78, 5) is 0. The van der Waals surface area contributed by atoms with Crippen molar-refractivity contribution in [3.8, 4) is 5.75 Å². The fourth-order valence-corrected chi connectivity index (χ4v) is 3.67. The summed E-state index contributed by atoms with van der Waals surface area (Å²) in [5.41, 5.74) is 1.87. The minimum atomic E-state index is -0.183. The number of hydrazone groups is 1. The van der Waals surface area contributed by atoms with Crippen LogP contribution in [-0.2, 0) is 4.43 Å². The van der Waals surface area contributed by atoms with Gasteiger partial charge in [-0.15, -0.1) is 0 Å². The average molecular weight is 365 g/mol. The Balaban J connectivity index is 1.92. The highest BCUT2D eigenvalue weighted by molar-refractivity contribution is 6.26. The molecule has 2 N–H and O–H groups in total. The van der Waals surface area contributed by atoms with E-state index in [2.05, 4.69) is 5.10 Å². The Morgan fingerprint density at radius 3 is 2.04 bits per heavy atom. The Morgan fingerprint density at radius 1 is 0.920 bits per heavy atom. The van der Waals surface area contributed by atoms with Gasteiger partial charge in [0.15, 0.2) is 9.76 Å². The molecule has 0 saturated carbocycles. The van der Waals surface area contributed by atoms with Crippen LogP contribution in [0.4, 0.5) is 0 Å². The monoisotopic (exact) mass is 364 g/mol. The van der Waals surface area contributed by atoms with Gasteiger partial charge in [0.05, 0.1) is 12.3 Å². The molecule has 1 rings (SSSR count). The maximum absolute atomic E-state index is 5.79. The highest BCUT2D eigenvalue weighted by Crippen LogP contribution is 2.14. The van der Waals surface area contributed by atoms with Crippen LogP contribution in [0.15, 0.2) is 29.4 Å². The van der Waals surface area contributed by atoms with Crippen LogP contribution in [-0.4, -0.2) is 29.2 Å². The van der Waals surface area contributed by atoms with Crippen LogP contribution >= 0.6 is 0 Å². The van der Waals surface area contributed by atoms with E-state index in [0.29, 0.717) is 0 Å². The first-order chi connectivity index (χ1) is 12.3. The van der Waals surface area contributed by atoms with E-state index in [4.69, 9.17) is 15.0 Å². The molecule has 1 aromatic rings. The van der Waals surface area contributed by atoms with Gasteiger partial charge in [0, 0.05) is 7.11 Å². The molecule has 0 spiro atoms. The Kier molecular flexibility index (Phi) is 13.0. The van der Waals surface area contributed by atoms with Gasteiger partial charge in [-0.05, 0) is 49.2 Å². The lowest BCUT2D eigenvalue weighted by atomic mass is 10.1. The van der Waals surface area contributed by atoms with Crippen molar-refractivity contribution in [2.75, 3.05) is 13.7 Å². The quantitative estimate of drug-likeness (QED) is 0.165. The van der Waals surface area contributed by atoms with Crippen LogP contribution in [0.3, 0.4) is 0 Å². The highest BCUT2D eigenvalue weighted by atomic mass is 28.2. The topological polar surface area (TPSA) is 56.8 Å². The van der Waals surface area contributed by atoms with Crippen molar-refractivity contribution >= 4 is 15.5 Å². The number of unbranched alkanes of at least 4 members (excludes halogenated alkanes) is 8. The maximum Gasteiger partial charge on any atom is 0.161 e. The molecule has 0 unspecified atom stereocenters. The molecular formula is C20H36N2O2Si. The Labute approximate surface area is 156 Å². The van der Waals surface area contributed by atoms with E-state index in [0.717, 1.165) is 30.1 Å². The van der Waals surface area contributed by atoms with Gasteiger partial charge in [0.25, 0.3) is 0 Å². The number of nitrogens with two attached hydrogens (primary N) is 1. The van der Waals surface area contributed by atoms with Gasteiger partial charge in [0.1, 0.15) is 5.75 Å². The second kappa shape index (κ2) is 15.0. The van der Waals surface area contributed by atoms with E-state index in [1.807, 2.05) is 38.3 Å². The number of rotatable bonds is 15. The van der Waals surface area contributed by atoms with Gasteiger partial charge in [-0.25, -0.2) is 0 Å². The summed E-state index contributed by atoms with van der Waals surface area (Å²) in [6, 6.07) is 9.31. The van der Waals surface area contributed by atoms with E-state index in [1.165, 1.54) is 57.4 Å². The van der Waals surface area contributed by atoms with Crippen LogP contribution in [0, 0.1) is 0 Å². The van der Waals surface area contributed by atoms with Crippen LogP contribution in [0.25, 0.3) is 0 Å². The molecule has 0 saturated heterocycles. The van der Waals surface area contributed by atoms with Crippen molar-refractivity contribution in [2.45, 2.75) is 70.8 Å². The lowest BCUT2D eigenvalue weighted by Crippen LogP contribution is -2.00. The van der Waals surface area contributed by atoms with Crippen molar-refractivity contribution in [3.63, 3.8) is 0 Å². The molecule has 0 atom stereocenters. The normalized spacial score (nSPS) is 12.2. The molecule has 1 aromatic carbocycles. The molecule has 0 aliphatic carbocycles. The zero-order valence-corrected chi connectivity index (χ0v) is 17.5. The summed E-state index contributed by atoms with van der Waals surface area (Å²) in [6.45, 7) is 2.70. The van der Waals surface area contributed by atoms with Crippen molar-refractivity contribution in [3.05, 3.63) is 29.8 Å². The Hall–Kier alpha value is -1.33. The first-order valence-electron chi connectivity index (χ1n) is 9.74. The molecule has 0 heterocycles. The molecule has 142 valence electrons. The van der Waals surface area contributed by atoms with E-state index < -0.39 is 0 Å². The minimum Gasteiger partial charge on any atom is -0.494 e. The SMILES string of the molecule is CO[SiH2]CCCCCCCCCCCOc1ccc(C(C)=NN)cc1. The first-order valence-corrected chi connectivity index (χ1v) is 11.3. The van der Waals surface area contributed by atoms with E-state index in [-0.39, 0.29) is 9.76 Å². The average Bonchev–Trinajstić information content (AvgIpc) is 2.65. The fraction of sp³-hybridized carbons (Fsp3) is 0.650. The van der Waals surface area contributed by atoms with Gasteiger partial charge in [-0.1, -0.05) is 51.4 Å². The van der Waals surface area contributed by atoms with Gasteiger partial charge in [0.2, 0.25) is 0 Å². The lowest BCUT2D eigenvalue weighted by Gasteiger charge is -2.07. The minimum absolute atomic E-state index is 0.183. The van der Waals surface area contributed by atoms with Gasteiger partial charge in [-0.3, -0.25) is 0 Å². The zero-order chi connectivity index (χ0) is 18.2. The summed E-state index contributed by atoms with van der Waals surface area (Å²) in [5, 5.41) is 3.70. The molecular weight excluding hydrogens is 328 g/mol. The fourth-order valence-electron chi connectivity index (χ4n) is 2.82. The molecule has 5 heteroatoms. The van der Waals surface area contributed by atoms with Crippen LogP contribution in [0.5, 0.6) is 5.75 Å². The number of ether oxygens (including phenoxy) is 1. The second-order valence-electron chi connectivity index (χ2n) is 6.62. The third-order valence-electron chi connectivity index (χ3n) is 4.48. The summed E-state index contributed by atoms with van der Waals surface area (Å²) < 4.78 is 11.0. The molecule has 0 bridgehead atoms. The maximum atomic E-state index is 5.79. The molecule has 0 amide bonds. The van der Waals surface area contributed by atoms with E-state index in [9.17, 15) is 0 Å². The number of hydrogen-bond donors (Lipinski definition) is 1. The van der Waals surface area contributed by atoms with Gasteiger partial charge < -0.3 is 15.0 Å². The zero-order valence-electron chi connectivity index (χ0n) is 16.1. The standard InChI is InChI=1S/C20H36N2O2Si/c1-18(22-21)19-12-14-20(15-13-19)24-16-10-8-6-4-3-5-7-9-11-17-25-23-2/h12-15H,3-11,16-17,21,25H2,1-2H3. The molecule has 0 aliphatic rings. The van der Waals surface area contributed by atoms with Gasteiger partial charge in [-0.2, -0.15) is 5.10 Å². The number of nitrogens with zero attached hydrogens (tertiary/aromatic N) is 1. The number of benzene rings is 1. The Morgan fingerprint density at radius 2 is 1.48 bits per heavy atom. The third-order valence-corrected chi connectivity index (χ3v) is 5.67. The van der Waals surface area contributed by atoms with Crippen molar-refractivity contribution in [1.82, 2.24) is 0 Å². The van der Waals surface area contributed by atoms with Crippen LogP contribution in [0.2, 0.25) is 6.04 Å². The number of hydrogen-bond acceptors (Lipinski definition) is 4. The highest BCUT2D eigenvalue weighted by Gasteiger charge is 1.99. The smallest absolute Gasteiger partial charge is 0.161 e. The molecule has 4 nitrogen and oxygen atoms in total. The second-order valence-corrected chi connectivity index (χ2v) is 8.31. The van der Waals surface area contributed by atoms with Gasteiger partial charge >= 0.3 is 0 Å². The van der Waals surface area contributed by atoms with Crippen LogP contribution in [0.1, 0.15) is 70.3 Å². The Bertz CT molecular complexity index is 463. The largest absolute Gasteiger partial charge is 0.494 e.